The molecule has 3 aromatic rings. The predicted octanol–water partition coefficient (Wildman–Crippen LogP) is 3.19. The van der Waals surface area contributed by atoms with Gasteiger partial charge < -0.3 is 9.64 Å². The molecule has 1 atom stereocenters. The number of aryl methyl sites for hydroxylation is 1. The number of hydrogen-bond acceptors (Lipinski definition) is 5. The molecule has 3 heterocycles. The molecule has 0 spiro atoms. The van der Waals surface area contributed by atoms with Crippen LogP contribution in [0.25, 0.3) is 10.8 Å². The second-order valence-electron chi connectivity index (χ2n) is 7.67. The molecule has 0 N–H and O–H groups in total. The first-order valence-electron chi connectivity index (χ1n) is 9.62. The van der Waals surface area contributed by atoms with E-state index in [1.807, 2.05) is 42.2 Å². The zero-order valence-electron chi connectivity index (χ0n) is 15.8. The molecule has 0 saturated carbocycles. The lowest BCUT2D eigenvalue weighted by Crippen LogP contribution is -2.62. The van der Waals surface area contributed by atoms with E-state index in [1.165, 1.54) is 5.56 Å². The highest BCUT2D eigenvalue weighted by Gasteiger charge is 2.51. The summed E-state index contributed by atoms with van der Waals surface area (Å²) in [4.78, 5) is 16.5. The Labute approximate surface area is 163 Å². The smallest absolute Gasteiger partial charge is 0.410 e. The molecule has 2 fully saturated rings. The quantitative estimate of drug-likeness (QED) is 0.705. The molecule has 0 bridgehead atoms. The van der Waals surface area contributed by atoms with Crippen molar-refractivity contribution >= 4 is 22.7 Å². The van der Waals surface area contributed by atoms with Crippen molar-refractivity contribution in [3.8, 4) is 0 Å². The lowest BCUT2D eigenvalue weighted by Gasteiger charge is -2.45. The fourth-order valence-electron chi connectivity index (χ4n) is 4.48. The van der Waals surface area contributed by atoms with Crippen LogP contribution in [0.1, 0.15) is 11.3 Å². The van der Waals surface area contributed by atoms with Gasteiger partial charge in [-0.2, -0.15) is 5.10 Å². The number of nitrogens with zero attached hydrogens (tertiary/aromatic N) is 4. The van der Waals surface area contributed by atoms with E-state index in [0.717, 1.165) is 28.7 Å². The number of carbonyl (C=O) groups excluding carboxylic acids is 1. The van der Waals surface area contributed by atoms with Crippen molar-refractivity contribution in [1.29, 1.82) is 0 Å². The first-order chi connectivity index (χ1) is 13.7. The van der Waals surface area contributed by atoms with Gasteiger partial charge in [0.15, 0.2) is 5.82 Å². The molecule has 2 aliphatic rings. The molecule has 1 amide bonds. The van der Waals surface area contributed by atoms with Crippen LogP contribution < -0.4 is 4.90 Å². The Morgan fingerprint density at radius 2 is 1.75 bits per heavy atom. The topological polar surface area (TPSA) is 58.6 Å². The number of cyclic esters (lactones) is 1. The maximum absolute atomic E-state index is 12.4. The van der Waals surface area contributed by atoms with E-state index in [4.69, 9.17) is 4.74 Å². The Hall–Kier alpha value is -3.15. The minimum absolute atomic E-state index is 0.213. The Balaban J connectivity index is 1.54. The Bertz CT molecular complexity index is 1040. The van der Waals surface area contributed by atoms with Gasteiger partial charge in [0, 0.05) is 36.8 Å². The van der Waals surface area contributed by atoms with Crippen LogP contribution in [0.5, 0.6) is 0 Å². The van der Waals surface area contributed by atoms with E-state index in [9.17, 15) is 4.79 Å². The number of benzene rings is 2. The van der Waals surface area contributed by atoms with Crippen molar-refractivity contribution < 1.29 is 9.53 Å². The van der Waals surface area contributed by atoms with Crippen molar-refractivity contribution in [2.75, 3.05) is 31.1 Å². The molecule has 2 aliphatic heterocycles. The average Bonchev–Trinajstić information content (AvgIpc) is 3.05. The number of anilines is 1. The molecule has 28 heavy (non-hydrogen) atoms. The zero-order chi connectivity index (χ0) is 19.1. The molecule has 6 heteroatoms. The first-order valence-corrected chi connectivity index (χ1v) is 9.62. The van der Waals surface area contributed by atoms with Gasteiger partial charge in [-0.15, -0.1) is 5.10 Å². The summed E-state index contributed by atoms with van der Waals surface area (Å²) in [5.74, 6) is 0.882. The molecule has 5 rings (SSSR count). The van der Waals surface area contributed by atoms with E-state index in [2.05, 4.69) is 39.4 Å². The summed E-state index contributed by atoms with van der Waals surface area (Å²) >= 11 is 0. The van der Waals surface area contributed by atoms with Gasteiger partial charge in [0.05, 0.1) is 5.69 Å². The third kappa shape index (κ3) is 2.68. The predicted molar refractivity (Wildman–Crippen MR) is 107 cm³/mol. The summed E-state index contributed by atoms with van der Waals surface area (Å²) in [7, 11) is 0. The van der Waals surface area contributed by atoms with Crippen molar-refractivity contribution in [2.24, 2.45) is 0 Å². The minimum Gasteiger partial charge on any atom is -0.447 e. The molecule has 142 valence electrons. The van der Waals surface area contributed by atoms with E-state index in [0.29, 0.717) is 26.2 Å². The van der Waals surface area contributed by atoms with Crippen LogP contribution in [0.15, 0.2) is 54.6 Å². The summed E-state index contributed by atoms with van der Waals surface area (Å²) in [5, 5.41) is 11.1. The van der Waals surface area contributed by atoms with Gasteiger partial charge in [-0.05, 0) is 12.5 Å². The number of piperazine rings is 1. The van der Waals surface area contributed by atoms with Crippen molar-refractivity contribution in [3.05, 3.63) is 65.9 Å². The standard InChI is InChI=1S/C22H22N4O2/c1-16-18-9-5-6-10-19(18)20(24-23-16)25-11-12-26-21(27)28-15-22(26,14-25)13-17-7-3-2-4-8-17/h2-10H,11-15H2,1H3. The summed E-state index contributed by atoms with van der Waals surface area (Å²) < 4.78 is 5.49. The normalized spacial score (nSPS) is 21.7. The average molecular weight is 374 g/mol. The van der Waals surface area contributed by atoms with Crippen molar-refractivity contribution in [2.45, 2.75) is 18.9 Å². The van der Waals surface area contributed by atoms with Crippen molar-refractivity contribution in [1.82, 2.24) is 15.1 Å². The molecule has 1 unspecified atom stereocenters. The van der Waals surface area contributed by atoms with E-state index in [-0.39, 0.29) is 11.6 Å². The Morgan fingerprint density at radius 1 is 1.00 bits per heavy atom. The maximum atomic E-state index is 12.4. The number of aromatic nitrogens is 2. The summed E-state index contributed by atoms with van der Waals surface area (Å²) in [6.07, 6.45) is 0.545. The molecular formula is C22H22N4O2. The molecule has 6 nitrogen and oxygen atoms in total. The first kappa shape index (κ1) is 17.0. The monoisotopic (exact) mass is 374 g/mol. The van der Waals surface area contributed by atoms with E-state index < -0.39 is 0 Å². The van der Waals surface area contributed by atoms with E-state index >= 15 is 0 Å². The fourth-order valence-corrected chi connectivity index (χ4v) is 4.48. The van der Waals surface area contributed by atoms with Gasteiger partial charge in [0.2, 0.25) is 0 Å². The van der Waals surface area contributed by atoms with Crippen LogP contribution in [-0.4, -0.2) is 53.0 Å². The van der Waals surface area contributed by atoms with Gasteiger partial charge in [0.25, 0.3) is 0 Å². The van der Waals surface area contributed by atoms with Crippen LogP contribution in [0.4, 0.5) is 10.6 Å². The summed E-state index contributed by atoms with van der Waals surface area (Å²) in [6.45, 7) is 4.39. The number of ether oxygens (including phenoxy) is 1. The fraction of sp³-hybridized carbons (Fsp3) is 0.318. The van der Waals surface area contributed by atoms with Gasteiger partial charge in [-0.3, -0.25) is 4.90 Å². The molecule has 2 saturated heterocycles. The number of rotatable bonds is 3. The minimum atomic E-state index is -0.385. The van der Waals surface area contributed by atoms with Gasteiger partial charge in [-0.25, -0.2) is 4.79 Å². The van der Waals surface area contributed by atoms with Gasteiger partial charge in [-0.1, -0.05) is 54.6 Å². The SMILES string of the molecule is Cc1nnc(N2CCN3C(=O)OCC3(Cc3ccccc3)C2)c2ccccc12. The highest BCUT2D eigenvalue weighted by Crippen LogP contribution is 2.35. The molecular weight excluding hydrogens is 352 g/mol. The van der Waals surface area contributed by atoms with Crippen LogP contribution in [0, 0.1) is 6.92 Å². The molecule has 2 aromatic carbocycles. The molecule has 0 radical (unpaired) electrons. The lowest BCUT2D eigenvalue weighted by molar-refractivity contribution is 0.140. The van der Waals surface area contributed by atoms with Crippen LogP contribution >= 0.6 is 0 Å². The number of carbonyl (C=O) groups is 1. The molecule has 0 aliphatic carbocycles. The third-order valence-electron chi connectivity index (χ3n) is 5.86. The van der Waals surface area contributed by atoms with Crippen LogP contribution in [0.3, 0.4) is 0 Å². The number of hydrogen-bond donors (Lipinski definition) is 0. The van der Waals surface area contributed by atoms with Gasteiger partial charge in [0.1, 0.15) is 12.1 Å². The summed E-state index contributed by atoms with van der Waals surface area (Å²) in [5.41, 5.74) is 1.74. The Morgan fingerprint density at radius 3 is 2.57 bits per heavy atom. The summed E-state index contributed by atoms with van der Waals surface area (Å²) in [6, 6.07) is 18.5. The highest BCUT2D eigenvalue weighted by atomic mass is 16.6. The van der Waals surface area contributed by atoms with E-state index in [1.54, 1.807) is 0 Å². The van der Waals surface area contributed by atoms with Crippen LogP contribution in [0.2, 0.25) is 0 Å². The number of amides is 1. The third-order valence-corrected chi connectivity index (χ3v) is 5.86. The van der Waals surface area contributed by atoms with Crippen LogP contribution in [-0.2, 0) is 11.2 Å². The van der Waals surface area contributed by atoms with Gasteiger partial charge >= 0.3 is 6.09 Å². The largest absolute Gasteiger partial charge is 0.447 e. The highest BCUT2D eigenvalue weighted by molar-refractivity contribution is 5.93. The maximum Gasteiger partial charge on any atom is 0.410 e. The van der Waals surface area contributed by atoms with Crippen molar-refractivity contribution in [3.63, 3.8) is 0 Å². The lowest BCUT2D eigenvalue weighted by atomic mass is 9.88. The second-order valence-corrected chi connectivity index (χ2v) is 7.67. The Kier molecular flexibility index (Phi) is 3.93. The molecule has 1 aromatic heterocycles. The zero-order valence-corrected chi connectivity index (χ0v) is 15.8. The number of fused-ring (bicyclic) bond motifs is 2. The second kappa shape index (κ2) is 6.48.